The summed E-state index contributed by atoms with van der Waals surface area (Å²) >= 11 is 6.09. The number of nitrogens with one attached hydrogen (secondary N) is 2. The van der Waals surface area contributed by atoms with Crippen LogP contribution in [-0.4, -0.2) is 74.4 Å². The molecule has 29 heavy (non-hydrogen) atoms. The number of hydrogen-bond acceptors (Lipinski definition) is 6. The average Bonchev–Trinajstić information content (AvgIpc) is 2.97. The second-order valence-corrected chi connectivity index (χ2v) is 8.89. The number of carbonyl (C=O) groups is 3. The average molecular weight is 445 g/mol. The number of sulfonamides is 1. The van der Waals surface area contributed by atoms with Crippen molar-refractivity contribution in [1.82, 2.24) is 14.5 Å². The van der Waals surface area contributed by atoms with Crippen LogP contribution >= 0.6 is 11.6 Å². The van der Waals surface area contributed by atoms with Crippen molar-refractivity contribution in [1.29, 1.82) is 0 Å². The highest BCUT2D eigenvalue weighted by molar-refractivity contribution is 7.89. The van der Waals surface area contributed by atoms with Gasteiger partial charge in [-0.3, -0.25) is 14.5 Å². The number of imide groups is 1. The van der Waals surface area contributed by atoms with Crippen molar-refractivity contribution in [2.24, 2.45) is 0 Å². The van der Waals surface area contributed by atoms with Gasteiger partial charge in [0, 0.05) is 13.1 Å². The van der Waals surface area contributed by atoms with Crippen LogP contribution < -0.4 is 10.6 Å². The summed E-state index contributed by atoms with van der Waals surface area (Å²) in [7, 11) is -3.77. The molecule has 3 rings (SSSR count). The molecule has 0 spiro atoms. The fourth-order valence-electron chi connectivity index (χ4n) is 3.03. The number of nitrogens with zero attached hydrogens (tertiary/aromatic N) is 2. The minimum atomic E-state index is -3.77. The van der Waals surface area contributed by atoms with Gasteiger partial charge in [-0.1, -0.05) is 18.5 Å². The molecule has 1 aromatic rings. The lowest BCUT2D eigenvalue weighted by Gasteiger charge is -2.26. The quantitative estimate of drug-likeness (QED) is 0.620. The molecule has 158 valence electrons. The van der Waals surface area contributed by atoms with E-state index < -0.39 is 40.5 Å². The molecule has 1 aromatic carbocycles. The monoisotopic (exact) mass is 444 g/mol. The summed E-state index contributed by atoms with van der Waals surface area (Å²) in [5.41, 5.74) is 0.0742. The lowest BCUT2D eigenvalue weighted by Crippen LogP contribution is -2.40. The molecule has 2 heterocycles. The topological polar surface area (TPSA) is 125 Å². The first-order valence-corrected chi connectivity index (χ1v) is 10.8. The van der Waals surface area contributed by atoms with Crippen LogP contribution in [0.5, 0.6) is 0 Å². The van der Waals surface area contributed by atoms with E-state index in [0.29, 0.717) is 19.6 Å². The number of amides is 4. The maximum absolute atomic E-state index is 12.8. The first-order valence-electron chi connectivity index (χ1n) is 9.03. The van der Waals surface area contributed by atoms with Gasteiger partial charge in [0.25, 0.3) is 5.91 Å². The molecule has 2 N–H and O–H groups in total. The number of morpholine rings is 1. The van der Waals surface area contributed by atoms with Crippen molar-refractivity contribution >= 4 is 45.2 Å². The third kappa shape index (κ3) is 4.53. The summed E-state index contributed by atoms with van der Waals surface area (Å²) in [6.45, 7) is 2.32. The molecule has 2 aliphatic heterocycles. The zero-order valence-corrected chi connectivity index (χ0v) is 17.3. The van der Waals surface area contributed by atoms with E-state index >= 15 is 0 Å². The molecule has 0 aliphatic carbocycles. The van der Waals surface area contributed by atoms with E-state index in [1.807, 2.05) is 0 Å². The van der Waals surface area contributed by atoms with Crippen LogP contribution in [0.1, 0.15) is 13.3 Å². The van der Waals surface area contributed by atoms with Gasteiger partial charge < -0.3 is 15.4 Å². The molecule has 1 atom stereocenters. The Kier molecular flexibility index (Phi) is 6.42. The van der Waals surface area contributed by atoms with E-state index in [-0.39, 0.29) is 28.7 Å². The first kappa shape index (κ1) is 21.5. The smallest absolute Gasteiger partial charge is 0.325 e. The lowest BCUT2D eigenvalue weighted by molar-refractivity contribution is -0.130. The molecule has 0 bridgehead atoms. The van der Waals surface area contributed by atoms with E-state index in [2.05, 4.69) is 10.6 Å². The number of carbonyl (C=O) groups excluding carboxylic acids is 3. The SMILES string of the molecule is CC[C@@H]1NC(=O)N(CC(=O)Nc2cc(S(=O)(=O)N3CCOCC3)ccc2Cl)C1=O. The van der Waals surface area contributed by atoms with Crippen molar-refractivity contribution in [2.45, 2.75) is 24.3 Å². The van der Waals surface area contributed by atoms with Gasteiger partial charge in [-0.15, -0.1) is 0 Å². The predicted molar refractivity (Wildman–Crippen MR) is 104 cm³/mol. The Morgan fingerprint density at radius 3 is 2.62 bits per heavy atom. The molecule has 4 amide bonds. The van der Waals surface area contributed by atoms with Gasteiger partial charge in [-0.2, -0.15) is 4.31 Å². The summed E-state index contributed by atoms with van der Waals surface area (Å²) in [4.78, 5) is 37.1. The largest absolute Gasteiger partial charge is 0.379 e. The maximum Gasteiger partial charge on any atom is 0.325 e. The highest BCUT2D eigenvalue weighted by Crippen LogP contribution is 2.27. The number of ether oxygens (including phenoxy) is 1. The Morgan fingerprint density at radius 2 is 2.00 bits per heavy atom. The molecule has 10 nitrogen and oxygen atoms in total. The minimum Gasteiger partial charge on any atom is -0.379 e. The highest BCUT2D eigenvalue weighted by Gasteiger charge is 2.37. The van der Waals surface area contributed by atoms with Gasteiger partial charge in [0.1, 0.15) is 12.6 Å². The normalized spacial score (nSPS) is 20.6. The molecule has 2 aliphatic rings. The van der Waals surface area contributed by atoms with Gasteiger partial charge in [-0.05, 0) is 24.6 Å². The second-order valence-electron chi connectivity index (χ2n) is 6.54. The Morgan fingerprint density at radius 1 is 1.31 bits per heavy atom. The predicted octanol–water partition coefficient (Wildman–Crippen LogP) is 0.630. The van der Waals surface area contributed by atoms with Crippen molar-refractivity contribution < 1.29 is 27.5 Å². The Balaban J connectivity index is 1.74. The first-order chi connectivity index (χ1) is 13.7. The van der Waals surface area contributed by atoms with Crippen LogP contribution in [-0.2, 0) is 24.3 Å². The van der Waals surface area contributed by atoms with Gasteiger partial charge >= 0.3 is 6.03 Å². The number of hydrogen-bond donors (Lipinski definition) is 2. The molecule has 2 fully saturated rings. The third-order valence-corrected chi connectivity index (χ3v) is 6.86. The second kappa shape index (κ2) is 8.66. The highest BCUT2D eigenvalue weighted by atomic mass is 35.5. The van der Waals surface area contributed by atoms with E-state index in [1.54, 1.807) is 6.92 Å². The lowest BCUT2D eigenvalue weighted by atomic mass is 10.2. The fourth-order valence-corrected chi connectivity index (χ4v) is 4.63. The maximum atomic E-state index is 12.8. The standard InChI is InChI=1S/C17H21ClN4O6S/c1-2-13-16(24)22(17(25)20-13)10-15(23)19-14-9-11(3-4-12(14)18)29(26,27)21-5-7-28-8-6-21/h3-4,9,13H,2,5-8,10H2,1H3,(H,19,23)(H,20,25)/t13-/m0/s1. The molecule has 0 saturated carbocycles. The van der Waals surface area contributed by atoms with Crippen LogP contribution in [0.25, 0.3) is 0 Å². The van der Waals surface area contributed by atoms with E-state index in [9.17, 15) is 22.8 Å². The molecule has 2 saturated heterocycles. The van der Waals surface area contributed by atoms with Gasteiger partial charge in [0.2, 0.25) is 15.9 Å². The van der Waals surface area contributed by atoms with E-state index in [1.165, 1.54) is 22.5 Å². The number of halogens is 1. The summed E-state index contributed by atoms with van der Waals surface area (Å²) in [5.74, 6) is -1.16. The Labute approximate surface area is 173 Å². The molecule has 0 unspecified atom stereocenters. The summed E-state index contributed by atoms with van der Waals surface area (Å²) in [6, 6.07) is 2.68. The molecule has 0 radical (unpaired) electrons. The molecular weight excluding hydrogens is 424 g/mol. The van der Waals surface area contributed by atoms with Crippen molar-refractivity contribution in [3.8, 4) is 0 Å². The zero-order chi connectivity index (χ0) is 21.2. The Hall–Kier alpha value is -2.21. The number of anilines is 1. The number of urea groups is 1. The van der Waals surface area contributed by atoms with Crippen LogP contribution in [0.3, 0.4) is 0 Å². The van der Waals surface area contributed by atoms with Crippen LogP contribution in [0.15, 0.2) is 23.1 Å². The molecular formula is C17H21ClN4O6S. The fraction of sp³-hybridized carbons (Fsp3) is 0.471. The number of rotatable bonds is 6. The molecule has 0 aromatic heterocycles. The summed E-state index contributed by atoms with van der Waals surface area (Å²) < 4.78 is 32.0. The van der Waals surface area contributed by atoms with Crippen LogP contribution in [0.4, 0.5) is 10.5 Å². The summed E-state index contributed by atoms with van der Waals surface area (Å²) in [6.07, 6.45) is 0.413. The van der Waals surface area contributed by atoms with Crippen molar-refractivity contribution in [2.75, 3.05) is 38.2 Å². The van der Waals surface area contributed by atoms with Gasteiger partial charge in [-0.25, -0.2) is 13.2 Å². The third-order valence-electron chi connectivity index (χ3n) is 4.64. The van der Waals surface area contributed by atoms with Crippen molar-refractivity contribution in [3.63, 3.8) is 0 Å². The minimum absolute atomic E-state index is 0.0276. The van der Waals surface area contributed by atoms with E-state index in [0.717, 1.165) is 4.90 Å². The van der Waals surface area contributed by atoms with Gasteiger partial charge in [0.05, 0.1) is 28.8 Å². The summed E-state index contributed by atoms with van der Waals surface area (Å²) in [5, 5.41) is 5.09. The van der Waals surface area contributed by atoms with Crippen LogP contribution in [0.2, 0.25) is 5.02 Å². The van der Waals surface area contributed by atoms with Crippen molar-refractivity contribution in [3.05, 3.63) is 23.2 Å². The number of benzene rings is 1. The van der Waals surface area contributed by atoms with Crippen LogP contribution in [0, 0.1) is 0 Å². The van der Waals surface area contributed by atoms with E-state index in [4.69, 9.17) is 16.3 Å². The zero-order valence-electron chi connectivity index (χ0n) is 15.7. The Bertz CT molecular complexity index is 932. The van der Waals surface area contributed by atoms with Gasteiger partial charge in [0.15, 0.2) is 0 Å². The molecule has 12 heteroatoms.